The quantitative estimate of drug-likeness (QED) is 0.422. The lowest BCUT2D eigenvalue weighted by atomic mass is 10.2. The van der Waals surface area contributed by atoms with Crippen LogP contribution in [0.25, 0.3) is 0 Å². The molecule has 1 rings (SSSR count). The Labute approximate surface area is 117 Å². The highest BCUT2D eigenvalue weighted by molar-refractivity contribution is 7.91. The highest BCUT2D eigenvalue weighted by atomic mass is 35.5. The van der Waals surface area contributed by atoms with E-state index in [0.717, 1.165) is 0 Å². The first-order valence-electron chi connectivity index (χ1n) is 5.51. The Kier molecular flexibility index (Phi) is 6.06. The average molecular weight is 317 g/mol. The Balaban J connectivity index is 2.58. The number of hydrogen-bond acceptors (Lipinski definition) is 5. The van der Waals surface area contributed by atoms with Crippen molar-refractivity contribution in [3.63, 3.8) is 0 Å². The maximum absolute atomic E-state index is 11.4. The van der Waals surface area contributed by atoms with E-state index in [4.69, 9.17) is 34.0 Å². The molecule has 0 aromatic carbocycles. The van der Waals surface area contributed by atoms with Crippen molar-refractivity contribution in [1.82, 2.24) is 10.2 Å². The molecule has 1 aliphatic rings. The lowest BCUT2D eigenvalue weighted by Crippen LogP contribution is -2.49. The molecular formula is C9H17ClN2O4S2. The first-order valence-corrected chi connectivity index (χ1v) is 8.18. The Morgan fingerprint density at radius 2 is 1.89 bits per heavy atom. The Morgan fingerprint density at radius 1 is 1.33 bits per heavy atom. The topological polar surface area (TPSA) is 89.9 Å². The van der Waals surface area contributed by atoms with Gasteiger partial charge in [-0.25, -0.2) is 8.42 Å². The number of alkyl halides is 1. The van der Waals surface area contributed by atoms with Crippen LogP contribution < -0.4 is 5.32 Å². The molecule has 0 amide bonds. The van der Waals surface area contributed by atoms with Gasteiger partial charge in [0.15, 0.2) is 14.9 Å². The van der Waals surface area contributed by atoms with Crippen LogP contribution in [0.4, 0.5) is 0 Å². The van der Waals surface area contributed by atoms with E-state index in [1.54, 1.807) is 4.90 Å². The molecule has 6 nitrogen and oxygen atoms in total. The van der Waals surface area contributed by atoms with Crippen molar-refractivity contribution in [2.75, 3.05) is 37.8 Å². The molecule has 0 radical (unpaired) electrons. The standard InChI is InChI=1S/C9H17ClN2O4S2/c10-7-5-18(15,16)6-8(7)11-9(17)12(1-3-13)2-4-14/h7-8,13-14H,1-6H2,(H,11,17). The van der Waals surface area contributed by atoms with Crippen LogP contribution in [0.15, 0.2) is 0 Å². The van der Waals surface area contributed by atoms with Gasteiger partial charge in [-0.2, -0.15) is 0 Å². The molecule has 9 heteroatoms. The zero-order chi connectivity index (χ0) is 13.8. The number of halogens is 1. The highest BCUT2D eigenvalue weighted by Crippen LogP contribution is 2.18. The van der Waals surface area contributed by atoms with E-state index in [1.165, 1.54) is 0 Å². The summed E-state index contributed by atoms with van der Waals surface area (Å²) >= 11 is 11.1. The predicted octanol–water partition coefficient (Wildman–Crippen LogP) is -1.45. The van der Waals surface area contributed by atoms with Crippen LogP contribution >= 0.6 is 23.8 Å². The van der Waals surface area contributed by atoms with Gasteiger partial charge in [0.25, 0.3) is 0 Å². The summed E-state index contributed by atoms with van der Waals surface area (Å²) in [6, 6.07) is -0.427. The molecular weight excluding hydrogens is 300 g/mol. The maximum atomic E-state index is 11.4. The summed E-state index contributed by atoms with van der Waals surface area (Å²) in [5, 5.41) is 20.4. The number of nitrogens with zero attached hydrogens (tertiary/aromatic N) is 1. The molecule has 2 atom stereocenters. The third-order valence-electron chi connectivity index (χ3n) is 2.62. The van der Waals surface area contributed by atoms with E-state index in [-0.39, 0.29) is 37.8 Å². The number of aliphatic hydroxyl groups excluding tert-OH is 2. The van der Waals surface area contributed by atoms with Crippen molar-refractivity contribution < 1.29 is 18.6 Å². The highest BCUT2D eigenvalue weighted by Gasteiger charge is 2.37. The van der Waals surface area contributed by atoms with Crippen LogP contribution in [-0.2, 0) is 9.84 Å². The number of hydrogen-bond donors (Lipinski definition) is 3. The van der Waals surface area contributed by atoms with Crippen molar-refractivity contribution in [1.29, 1.82) is 0 Å². The summed E-state index contributed by atoms with van der Waals surface area (Å²) in [6.07, 6.45) is 0. The van der Waals surface area contributed by atoms with Crippen molar-refractivity contribution in [3.8, 4) is 0 Å². The van der Waals surface area contributed by atoms with Crippen molar-refractivity contribution in [3.05, 3.63) is 0 Å². The molecule has 1 fully saturated rings. The number of nitrogens with one attached hydrogen (secondary N) is 1. The van der Waals surface area contributed by atoms with Gasteiger partial charge in [0.1, 0.15) is 0 Å². The number of aliphatic hydroxyl groups is 2. The minimum atomic E-state index is -3.11. The minimum absolute atomic E-state index is 0.0482. The van der Waals surface area contributed by atoms with Gasteiger partial charge in [-0.3, -0.25) is 0 Å². The van der Waals surface area contributed by atoms with Crippen molar-refractivity contribution >= 4 is 38.8 Å². The third-order valence-corrected chi connectivity index (χ3v) is 5.37. The van der Waals surface area contributed by atoms with Gasteiger partial charge in [-0.05, 0) is 12.2 Å². The smallest absolute Gasteiger partial charge is 0.169 e. The number of sulfone groups is 1. The molecule has 0 bridgehead atoms. The summed E-state index contributed by atoms with van der Waals surface area (Å²) < 4.78 is 22.8. The lowest BCUT2D eigenvalue weighted by molar-refractivity contribution is 0.210. The van der Waals surface area contributed by atoms with Crippen LogP contribution in [0.1, 0.15) is 0 Å². The first kappa shape index (κ1) is 15.9. The van der Waals surface area contributed by atoms with Crippen molar-refractivity contribution in [2.45, 2.75) is 11.4 Å². The second-order valence-electron chi connectivity index (χ2n) is 4.08. The second-order valence-corrected chi connectivity index (χ2v) is 7.18. The summed E-state index contributed by atoms with van der Waals surface area (Å²) in [4.78, 5) is 1.57. The van der Waals surface area contributed by atoms with Gasteiger partial charge < -0.3 is 20.4 Å². The maximum Gasteiger partial charge on any atom is 0.169 e. The normalized spacial score (nSPS) is 25.9. The fourth-order valence-electron chi connectivity index (χ4n) is 1.74. The summed E-state index contributed by atoms with van der Waals surface area (Å²) in [7, 11) is -3.11. The van der Waals surface area contributed by atoms with Gasteiger partial charge in [-0.15, -0.1) is 11.6 Å². The molecule has 1 aliphatic heterocycles. The fraction of sp³-hybridized carbons (Fsp3) is 0.889. The molecule has 18 heavy (non-hydrogen) atoms. The van der Waals surface area contributed by atoms with Crippen LogP contribution in [-0.4, -0.2) is 77.9 Å². The summed E-state index contributed by atoms with van der Waals surface area (Å²) in [6.45, 7) is 0.349. The summed E-state index contributed by atoms with van der Waals surface area (Å²) in [5.41, 5.74) is 0. The van der Waals surface area contributed by atoms with Crippen molar-refractivity contribution in [2.24, 2.45) is 0 Å². The Hall–Kier alpha value is -0.150. The molecule has 106 valence electrons. The average Bonchev–Trinajstić information content (AvgIpc) is 2.51. The monoisotopic (exact) mass is 316 g/mol. The molecule has 0 aromatic heterocycles. The van der Waals surface area contributed by atoms with Gasteiger partial charge in [0, 0.05) is 13.1 Å². The van der Waals surface area contributed by atoms with E-state index < -0.39 is 21.3 Å². The molecule has 3 N–H and O–H groups in total. The Bertz CT molecular complexity index is 384. The van der Waals surface area contributed by atoms with E-state index in [9.17, 15) is 8.42 Å². The van der Waals surface area contributed by atoms with Crippen LogP contribution in [0.5, 0.6) is 0 Å². The summed E-state index contributed by atoms with van der Waals surface area (Å²) in [5.74, 6) is -0.109. The molecule has 0 aromatic rings. The molecule has 2 unspecified atom stereocenters. The van der Waals surface area contributed by atoms with E-state index >= 15 is 0 Å². The van der Waals surface area contributed by atoms with Gasteiger partial charge in [0.05, 0.1) is 36.1 Å². The lowest BCUT2D eigenvalue weighted by Gasteiger charge is -2.27. The zero-order valence-electron chi connectivity index (χ0n) is 9.75. The van der Waals surface area contributed by atoms with E-state index in [2.05, 4.69) is 5.32 Å². The predicted molar refractivity (Wildman–Crippen MR) is 73.6 cm³/mol. The fourth-order valence-corrected chi connectivity index (χ4v) is 4.63. The van der Waals surface area contributed by atoms with Crippen LogP contribution in [0, 0.1) is 0 Å². The number of thiocarbonyl (C=S) groups is 1. The third kappa shape index (κ3) is 4.51. The second kappa shape index (κ2) is 6.85. The minimum Gasteiger partial charge on any atom is -0.395 e. The van der Waals surface area contributed by atoms with Gasteiger partial charge in [-0.1, -0.05) is 0 Å². The number of rotatable bonds is 5. The van der Waals surface area contributed by atoms with Crippen LogP contribution in [0.3, 0.4) is 0 Å². The SMILES string of the molecule is O=S1(=O)CC(Cl)C(NC(=S)N(CCO)CCO)C1. The van der Waals surface area contributed by atoms with Gasteiger partial charge >= 0.3 is 0 Å². The molecule has 1 saturated heterocycles. The molecule has 0 spiro atoms. The van der Waals surface area contributed by atoms with Crippen LogP contribution in [0.2, 0.25) is 0 Å². The zero-order valence-corrected chi connectivity index (χ0v) is 12.1. The first-order chi connectivity index (χ1) is 8.39. The van der Waals surface area contributed by atoms with E-state index in [1.807, 2.05) is 0 Å². The Morgan fingerprint density at radius 3 is 2.28 bits per heavy atom. The molecule has 0 saturated carbocycles. The molecule has 0 aliphatic carbocycles. The molecule has 1 heterocycles. The van der Waals surface area contributed by atoms with E-state index in [0.29, 0.717) is 5.11 Å². The largest absolute Gasteiger partial charge is 0.395 e. The van der Waals surface area contributed by atoms with Gasteiger partial charge in [0.2, 0.25) is 0 Å².